The Kier molecular flexibility index (Phi) is 241. The van der Waals surface area contributed by atoms with Gasteiger partial charge in [-0.05, 0) is 6.92 Å². The van der Waals surface area contributed by atoms with E-state index < -0.39 is 0 Å². The Morgan fingerprint density at radius 3 is 1.67 bits per heavy atom. The molecule has 0 rings (SSSR count). The van der Waals surface area contributed by atoms with Crippen molar-refractivity contribution >= 4 is 16.2 Å². The van der Waals surface area contributed by atoms with Crippen molar-refractivity contribution in [3.8, 4) is 0 Å². The average Bonchev–Trinajstić information content (AvgIpc) is 0.918. The van der Waals surface area contributed by atoms with Crippen LogP contribution in [-0.2, 0) is 21.9 Å². The van der Waals surface area contributed by atoms with Crippen LogP contribution in [0.5, 0.6) is 0 Å². The molecule has 4 heteroatoms. The van der Waals surface area contributed by atoms with Crippen LogP contribution in [0.2, 0.25) is 0 Å². The van der Waals surface area contributed by atoms with Crippen LogP contribution in [-0.4, -0.2) is 11.8 Å². The van der Waals surface area contributed by atoms with Gasteiger partial charge in [-0.2, -0.15) is 9.90 Å². The van der Waals surface area contributed by atoms with E-state index in [9.17, 15) is 0 Å². The van der Waals surface area contributed by atoms with Crippen molar-refractivity contribution in [2.45, 2.75) is 6.92 Å². The Hall–Kier alpha value is 0.579. The van der Waals surface area contributed by atoms with E-state index in [2.05, 4.69) is 0 Å². The molecule has 0 aromatic carbocycles. The fourth-order valence-electron chi connectivity index (χ4n) is 0. The van der Waals surface area contributed by atoms with Gasteiger partial charge in [-0.3, -0.25) is 0 Å². The molecule has 6 heavy (non-hydrogen) atoms. The molecule has 0 aromatic heterocycles. The summed E-state index contributed by atoms with van der Waals surface area (Å²) >= 11 is 0. The van der Waals surface area contributed by atoms with Crippen molar-refractivity contribution in [3.05, 3.63) is 0 Å². The van der Waals surface area contributed by atoms with Gasteiger partial charge in [0, 0.05) is 17.1 Å². The van der Waals surface area contributed by atoms with Crippen LogP contribution >= 0.6 is 9.90 Å². The molecule has 0 heterocycles. The third-order valence-electron chi connectivity index (χ3n) is 0. The second-order valence-corrected chi connectivity index (χ2v) is 0.236. The van der Waals surface area contributed by atoms with Crippen LogP contribution in [0.4, 0.5) is 0 Å². The minimum Gasteiger partial charge on any atom is -0.412 e. The average molecular weight is 154 g/mol. The fourth-order valence-corrected chi connectivity index (χ4v) is 0. The summed E-state index contributed by atoms with van der Waals surface area (Å²) in [5.41, 5.74) is 0. The zero-order valence-corrected chi connectivity index (χ0v) is 6.06. The van der Waals surface area contributed by atoms with Crippen molar-refractivity contribution in [1.29, 1.82) is 0 Å². The maximum Gasteiger partial charge on any atom is 1.00 e. The Bertz CT molecular complexity index is 25.5. The van der Waals surface area contributed by atoms with E-state index in [1.165, 1.54) is 6.92 Å². The van der Waals surface area contributed by atoms with Gasteiger partial charge >= 0.3 is 2.85 Å². The number of rotatable bonds is 0. The van der Waals surface area contributed by atoms with Crippen LogP contribution in [0.15, 0.2) is 0 Å². The molecule has 0 aliphatic rings. The molecule has 0 amide bonds. The summed E-state index contributed by atoms with van der Waals surface area (Å²) in [7, 11) is 0. The van der Waals surface area contributed by atoms with Crippen LogP contribution in [0, 0.1) is 0 Å². The Labute approximate surface area is 54.1 Å². The maximum atomic E-state index is 8.81. The van der Waals surface area contributed by atoms with Gasteiger partial charge in [-0.1, -0.05) is 0 Å². The monoisotopic (exact) mass is 154 g/mol. The van der Waals surface area contributed by atoms with Crippen molar-refractivity contribution in [2.24, 2.45) is 0 Å². The van der Waals surface area contributed by atoms with E-state index in [-0.39, 0.29) is 35.3 Å². The summed E-state index contributed by atoms with van der Waals surface area (Å²) in [5, 5.41) is 0. The smallest absolute Gasteiger partial charge is 0.412 e. The molecule has 0 saturated carbocycles. The second-order valence-electron chi connectivity index (χ2n) is 0.236. The van der Waals surface area contributed by atoms with E-state index in [0.29, 0.717) is 0 Å². The molecular weight excluding hydrogens is 143 g/mol. The molecule has 0 fully saturated rings. The Morgan fingerprint density at radius 1 is 1.67 bits per heavy atom. The first-order valence-corrected chi connectivity index (χ1v) is 0.813. The van der Waals surface area contributed by atoms with E-state index in [0.717, 1.165) is 6.29 Å². The standard InChI is InChI=1S/C2H4O.Fe.H2O.H3P/c1-2-3;;;/h2H,1H3;;1H2;1H3/p+2. The summed E-state index contributed by atoms with van der Waals surface area (Å²) in [6, 6.07) is 0. The predicted molar refractivity (Wildman–Crippen MR) is 28.7 cm³/mol. The molecule has 0 radical (unpaired) electrons. The number of hydrogen-bond donors (Lipinski definition) is 0. The van der Waals surface area contributed by atoms with Crippen molar-refractivity contribution in [2.75, 3.05) is 0 Å². The Morgan fingerprint density at radius 2 is 1.67 bits per heavy atom. The molecule has 1 unspecified atom stereocenters. The molecule has 0 bridgehead atoms. The third-order valence-corrected chi connectivity index (χ3v) is 0. The van der Waals surface area contributed by atoms with Gasteiger partial charge in [0.15, 0.2) is 0 Å². The molecular formula is C2H11FeO2P+2. The van der Waals surface area contributed by atoms with Crippen LogP contribution in [0.3, 0.4) is 0 Å². The van der Waals surface area contributed by atoms with Crippen LogP contribution in [0.1, 0.15) is 9.78 Å². The van der Waals surface area contributed by atoms with Crippen LogP contribution in [0.25, 0.3) is 0 Å². The number of aldehydes is 1. The summed E-state index contributed by atoms with van der Waals surface area (Å²) in [6.07, 6.45) is 0.750. The molecule has 42 valence electrons. The largest absolute Gasteiger partial charge is 1.00 e. The molecule has 0 aromatic rings. The molecule has 0 aliphatic heterocycles. The van der Waals surface area contributed by atoms with Crippen molar-refractivity contribution < 1.29 is 30.2 Å². The second kappa shape index (κ2) is 46.9. The van der Waals surface area contributed by atoms with E-state index in [1.54, 1.807) is 0 Å². The van der Waals surface area contributed by atoms with Crippen LogP contribution < -0.4 is 0 Å². The molecule has 0 saturated heterocycles. The minimum atomic E-state index is 0. The minimum absolute atomic E-state index is 0. The molecule has 2 N–H and O–H groups in total. The van der Waals surface area contributed by atoms with Crippen molar-refractivity contribution in [3.63, 3.8) is 0 Å². The first-order valence-electron chi connectivity index (χ1n) is 0.813. The van der Waals surface area contributed by atoms with Gasteiger partial charge in [-0.15, -0.1) is 0 Å². The quantitative estimate of drug-likeness (QED) is 0.267. The van der Waals surface area contributed by atoms with Gasteiger partial charge < -0.3 is 10.3 Å². The van der Waals surface area contributed by atoms with Crippen molar-refractivity contribution in [1.82, 2.24) is 0 Å². The number of carbonyl (C=O) groups excluding carboxylic acids is 1. The van der Waals surface area contributed by atoms with Gasteiger partial charge in [-0.25, -0.2) is 0 Å². The van der Waals surface area contributed by atoms with Gasteiger partial charge in [0.1, 0.15) is 6.29 Å². The first-order chi connectivity index (χ1) is 1.41. The topological polar surface area (TPSA) is 48.6 Å². The van der Waals surface area contributed by atoms with Gasteiger partial charge in [0.05, 0.1) is 0 Å². The number of carbonyl (C=O) groups is 1. The van der Waals surface area contributed by atoms with Gasteiger partial charge in [0.2, 0.25) is 0 Å². The summed E-state index contributed by atoms with van der Waals surface area (Å²) < 4.78 is 0. The van der Waals surface area contributed by atoms with E-state index in [1.807, 2.05) is 0 Å². The summed E-state index contributed by atoms with van der Waals surface area (Å²) in [6.45, 7) is 1.44. The fraction of sp³-hybridized carbons (Fsp3) is 0.500. The zero-order valence-electron chi connectivity index (χ0n) is 5.55. The Balaban J connectivity index is -0.00000000200. The molecule has 1 atom stereocenters. The SMILES string of the molecule is CC=O.O.P.[Fe].[H+].[H+]. The van der Waals surface area contributed by atoms with E-state index >= 15 is 0 Å². The zero-order chi connectivity index (χ0) is 2.71. The first kappa shape index (κ1) is 30.8. The normalized spacial score (nSPS) is 2.17. The predicted octanol–water partition coefficient (Wildman–Crippen LogP) is -0.339. The molecule has 0 spiro atoms. The third kappa shape index (κ3) is 175. The maximum absolute atomic E-state index is 8.81. The summed E-state index contributed by atoms with van der Waals surface area (Å²) in [5.74, 6) is 0. The molecule has 0 aliphatic carbocycles. The van der Waals surface area contributed by atoms with E-state index in [4.69, 9.17) is 4.79 Å². The summed E-state index contributed by atoms with van der Waals surface area (Å²) in [4.78, 5) is 8.81. The number of hydrogen-bond acceptors (Lipinski definition) is 1. The molecule has 2 nitrogen and oxygen atoms in total. The van der Waals surface area contributed by atoms with Gasteiger partial charge in [0.25, 0.3) is 0 Å².